The summed E-state index contributed by atoms with van der Waals surface area (Å²) in [6.07, 6.45) is 4.99. The van der Waals surface area contributed by atoms with E-state index >= 15 is 0 Å². The van der Waals surface area contributed by atoms with Crippen LogP contribution in [0.3, 0.4) is 0 Å². The summed E-state index contributed by atoms with van der Waals surface area (Å²) in [5, 5.41) is 3.89. The van der Waals surface area contributed by atoms with E-state index in [0.717, 1.165) is 36.4 Å². The fraction of sp³-hybridized carbons (Fsp3) is 0.333. The number of halogens is 3. The molecule has 0 aromatic heterocycles. The van der Waals surface area contributed by atoms with E-state index < -0.39 is 28.5 Å². The van der Waals surface area contributed by atoms with E-state index in [0.29, 0.717) is 10.6 Å². The third-order valence-electron chi connectivity index (χ3n) is 7.22. The van der Waals surface area contributed by atoms with Crippen LogP contribution in [0.5, 0.6) is 0 Å². The smallest absolute Gasteiger partial charge is 0.264 e. The third kappa shape index (κ3) is 7.74. The van der Waals surface area contributed by atoms with Gasteiger partial charge in [-0.25, -0.2) is 8.42 Å². The predicted molar refractivity (Wildman–Crippen MR) is 164 cm³/mol. The first-order valence-electron chi connectivity index (χ1n) is 13.4. The molecule has 218 valence electrons. The van der Waals surface area contributed by atoms with Crippen molar-refractivity contribution in [1.29, 1.82) is 0 Å². The zero-order valence-corrected chi connectivity index (χ0v) is 25.7. The highest BCUT2D eigenvalue weighted by Gasteiger charge is 2.33. The molecule has 0 aliphatic heterocycles. The Morgan fingerprint density at radius 1 is 0.878 bits per heavy atom. The van der Waals surface area contributed by atoms with Gasteiger partial charge in [0.1, 0.15) is 12.6 Å². The lowest BCUT2D eigenvalue weighted by molar-refractivity contribution is -0.139. The minimum Gasteiger partial charge on any atom is -0.352 e. The van der Waals surface area contributed by atoms with Crippen LogP contribution in [-0.4, -0.2) is 43.8 Å². The van der Waals surface area contributed by atoms with Crippen LogP contribution >= 0.6 is 34.8 Å². The Morgan fingerprint density at radius 2 is 1.54 bits per heavy atom. The molecular formula is C30H32Cl3N3O4S. The van der Waals surface area contributed by atoms with Crippen molar-refractivity contribution in [2.75, 3.05) is 10.8 Å². The van der Waals surface area contributed by atoms with Gasteiger partial charge >= 0.3 is 0 Å². The molecule has 41 heavy (non-hydrogen) atoms. The van der Waals surface area contributed by atoms with E-state index in [9.17, 15) is 18.0 Å². The highest BCUT2D eigenvalue weighted by atomic mass is 35.5. The van der Waals surface area contributed by atoms with Crippen molar-refractivity contribution in [2.24, 2.45) is 0 Å². The Morgan fingerprint density at radius 3 is 2.20 bits per heavy atom. The number of benzene rings is 3. The third-order valence-corrected chi connectivity index (χ3v) is 10.1. The molecular weight excluding hydrogens is 605 g/mol. The van der Waals surface area contributed by atoms with Crippen molar-refractivity contribution in [3.8, 4) is 0 Å². The summed E-state index contributed by atoms with van der Waals surface area (Å²) in [5.41, 5.74) is 0.792. The van der Waals surface area contributed by atoms with Crippen molar-refractivity contribution in [2.45, 2.75) is 62.6 Å². The molecule has 2 amide bonds. The number of hydrogen-bond donors (Lipinski definition) is 1. The molecule has 7 nitrogen and oxygen atoms in total. The minimum absolute atomic E-state index is 0.000355. The van der Waals surface area contributed by atoms with Gasteiger partial charge in [-0.2, -0.15) is 0 Å². The molecule has 11 heteroatoms. The van der Waals surface area contributed by atoms with Gasteiger partial charge in [0, 0.05) is 17.6 Å². The van der Waals surface area contributed by atoms with E-state index in [-0.39, 0.29) is 39.1 Å². The Bertz CT molecular complexity index is 1480. The van der Waals surface area contributed by atoms with Gasteiger partial charge in [-0.15, -0.1) is 0 Å². The Hall–Kier alpha value is -2.78. The molecule has 3 aromatic rings. The highest BCUT2D eigenvalue weighted by Crippen LogP contribution is 2.31. The van der Waals surface area contributed by atoms with Crippen molar-refractivity contribution >= 4 is 62.3 Å². The van der Waals surface area contributed by atoms with Gasteiger partial charge in [0.05, 0.1) is 20.6 Å². The Balaban J connectivity index is 1.69. The topological polar surface area (TPSA) is 86.8 Å². The number of anilines is 1. The van der Waals surface area contributed by atoms with Crippen molar-refractivity contribution in [3.05, 3.63) is 93.4 Å². The largest absolute Gasteiger partial charge is 0.352 e. The summed E-state index contributed by atoms with van der Waals surface area (Å²) >= 11 is 18.8. The maximum absolute atomic E-state index is 14.0. The van der Waals surface area contributed by atoms with E-state index in [1.165, 1.54) is 35.2 Å². The molecule has 0 spiro atoms. The van der Waals surface area contributed by atoms with E-state index in [4.69, 9.17) is 34.8 Å². The maximum atomic E-state index is 14.0. The van der Waals surface area contributed by atoms with Crippen LogP contribution in [-0.2, 0) is 26.2 Å². The van der Waals surface area contributed by atoms with Crippen LogP contribution in [0, 0.1) is 0 Å². The van der Waals surface area contributed by atoms with Gasteiger partial charge in [-0.05, 0) is 61.7 Å². The van der Waals surface area contributed by atoms with Crippen molar-refractivity contribution in [3.63, 3.8) is 0 Å². The summed E-state index contributed by atoms with van der Waals surface area (Å²) in [6.45, 7) is 1.07. The summed E-state index contributed by atoms with van der Waals surface area (Å²) in [4.78, 5) is 28.8. The number of rotatable bonds is 10. The molecule has 1 saturated carbocycles. The highest BCUT2D eigenvalue weighted by molar-refractivity contribution is 7.92. The van der Waals surface area contributed by atoms with Gasteiger partial charge in [0.25, 0.3) is 10.0 Å². The SMILES string of the molecule is C[C@H](C(=O)NC1CCCCC1)N(Cc1ccccc1Cl)C(=O)CN(c1ccc(Cl)c(Cl)c1)S(=O)(=O)c1ccccc1. The zero-order valence-electron chi connectivity index (χ0n) is 22.6. The molecule has 0 heterocycles. The molecule has 1 fully saturated rings. The molecule has 0 unspecified atom stereocenters. The van der Waals surface area contributed by atoms with Gasteiger partial charge in [-0.3, -0.25) is 13.9 Å². The second-order valence-electron chi connectivity index (χ2n) is 10.1. The number of carbonyl (C=O) groups excluding carboxylic acids is 2. The van der Waals surface area contributed by atoms with Gasteiger partial charge in [0.2, 0.25) is 11.8 Å². The van der Waals surface area contributed by atoms with Crippen LogP contribution in [0.25, 0.3) is 0 Å². The molecule has 4 rings (SSSR count). The van der Waals surface area contributed by atoms with Crippen molar-refractivity contribution in [1.82, 2.24) is 10.2 Å². The lowest BCUT2D eigenvalue weighted by Gasteiger charge is -2.33. The van der Waals surface area contributed by atoms with Gasteiger partial charge in [-0.1, -0.05) is 90.5 Å². The number of hydrogen-bond acceptors (Lipinski definition) is 4. The summed E-state index contributed by atoms with van der Waals surface area (Å²) in [6, 6.07) is 18.3. The van der Waals surface area contributed by atoms with Gasteiger partial charge in [0.15, 0.2) is 0 Å². The average molecular weight is 637 g/mol. The van der Waals surface area contributed by atoms with E-state index in [1.807, 2.05) is 0 Å². The fourth-order valence-corrected chi connectivity index (χ4v) is 6.76. The Labute approximate surface area is 256 Å². The van der Waals surface area contributed by atoms with Crippen LogP contribution in [0.2, 0.25) is 15.1 Å². The van der Waals surface area contributed by atoms with E-state index in [1.54, 1.807) is 49.4 Å². The molecule has 0 radical (unpaired) electrons. The van der Waals surface area contributed by atoms with Gasteiger partial charge < -0.3 is 10.2 Å². The maximum Gasteiger partial charge on any atom is 0.264 e. The van der Waals surface area contributed by atoms with Crippen LogP contribution in [0.15, 0.2) is 77.7 Å². The quantitative estimate of drug-likeness (QED) is 0.268. The fourth-order valence-electron chi connectivity index (χ4n) is 4.85. The predicted octanol–water partition coefficient (Wildman–Crippen LogP) is 6.71. The molecule has 0 saturated heterocycles. The minimum atomic E-state index is -4.20. The van der Waals surface area contributed by atoms with Crippen LogP contribution in [0.1, 0.15) is 44.6 Å². The zero-order chi connectivity index (χ0) is 29.6. The summed E-state index contributed by atoms with van der Waals surface area (Å²) in [7, 11) is -4.20. The molecule has 3 aromatic carbocycles. The second-order valence-corrected chi connectivity index (χ2v) is 13.1. The lowest BCUT2D eigenvalue weighted by atomic mass is 9.95. The van der Waals surface area contributed by atoms with Crippen LogP contribution in [0.4, 0.5) is 5.69 Å². The number of nitrogens with one attached hydrogen (secondary N) is 1. The summed E-state index contributed by atoms with van der Waals surface area (Å²) in [5.74, 6) is -0.883. The molecule has 0 bridgehead atoms. The first-order chi connectivity index (χ1) is 19.6. The molecule has 1 N–H and O–H groups in total. The number of sulfonamides is 1. The van der Waals surface area contributed by atoms with E-state index in [2.05, 4.69) is 5.32 Å². The standard InChI is InChI=1S/C30H32Cl3N3O4S/c1-21(30(38)34-23-11-4-2-5-12-23)35(19-22-10-8-9-15-26(22)31)29(37)20-36(24-16-17-27(32)28(33)18-24)41(39,40)25-13-6-3-7-14-25/h3,6-10,13-18,21,23H,2,4-5,11-12,19-20H2,1H3,(H,34,38)/t21-/m1/s1. The monoisotopic (exact) mass is 635 g/mol. The Kier molecular flexibility index (Phi) is 10.6. The normalized spacial score (nSPS) is 14.7. The molecule has 1 aliphatic rings. The second kappa shape index (κ2) is 13.9. The first kappa shape index (κ1) is 31.2. The lowest BCUT2D eigenvalue weighted by Crippen LogP contribution is -2.53. The number of carbonyl (C=O) groups is 2. The molecule has 1 aliphatic carbocycles. The first-order valence-corrected chi connectivity index (χ1v) is 16.0. The summed E-state index contributed by atoms with van der Waals surface area (Å²) < 4.78 is 28.7. The molecule has 1 atom stereocenters. The van der Waals surface area contributed by atoms with Crippen molar-refractivity contribution < 1.29 is 18.0 Å². The number of amides is 2. The average Bonchev–Trinajstić information content (AvgIpc) is 2.97. The van der Waals surface area contributed by atoms with Crippen LogP contribution < -0.4 is 9.62 Å². The number of nitrogens with zero attached hydrogens (tertiary/aromatic N) is 2.